The van der Waals surface area contributed by atoms with Crippen LogP contribution in [0.2, 0.25) is 0 Å². The molecule has 0 saturated heterocycles. The number of hydrogen-bond acceptors (Lipinski definition) is 1. The maximum Gasteiger partial charge on any atom is 0.228 e. The molecule has 3 aromatic carbocycles. The Labute approximate surface area is 129 Å². The van der Waals surface area contributed by atoms with Crippen LogP contribution < -0.4 is 15.6 Å². The highest BCUT2D eigenvalue weighted by Gasteiger charge is 2.16. The number of rotatable bonds is 5. The third-order valence-electron chi connectivity index (χ3n) is 3.46. The monoisotopic (exact) mass is 306 g/mol. The van der Waals surface area contributed by atoms with Crippen LogP contribution in [-0.4, -0.2) is 18.8 Å². The van der Waals surface area contributed by atoms with Gasteiger partial charge >= 0.3 is 0 Å². The molecule has 0 aliphatic rings. The Balaban J connectivity index is 1.83. The van der Waals surface area contributed by atoms with Crippen molar-refractivity contribution in [2.45, 2.75) is 0 Å². The zero-order valence-electron chi connectivity index (χ0n) is 11.9. The van der Waals surface area contributed by atoms with Gasteiger partial charge in [0.1, 0.15) is 0 Å². The molecule has 21 heavy (non-hydrogen) atoms. The van der Waals surface area contributed by atoms with Crippen molar-refractivity contribution >= 4 is 34.4 Å². The van der Waals surface area contributed by atoms with Gasteiger partial charge in [-0.05, 0) is 15.6 Å². The second kappa shape index (κ2) is 7.17. The molecule has 3 heteroatoms. The zero-order chi connectivity index (χ0) is 14.3. The van der Waals surface area contributed by atoms with Crippen molar-refractivity contribution in [1.29, 1.82) is 0 Å². The smallest absolute Gasteiger partial charge is 0.228 e. The van der Waals surface area contributed by atoms with Crippen LogP contribution in [0, 0.1) is 0 Å². The first kappa shape index (κ1) is 14.0. The van der Waals surface area contributed by atoms with Gasteiger partial charge in [0.2, 0.25) is 9.04 Å². The average molecular weight is 307 g/mol. The number of benzene rings is 3. The lowest BCUT2D eigenvalue weighted by Gasteiger charge is -2.17. The Bertz CT molecular complexity index is 617. The molecule has 0 aliphatic heterocycles. The summed E-state index contributed by atoms with van der Waals surface area (Å²) in [6.07, 6.45) is 0. The summed E-state index contributed by atoms with van der Waals surface area (Å²) in [5.41, 5.74) is 0. The molecule has 1 nitrogen and oxygen atoms in total. The molecular weight excluding hydrogens is 288 g/mol. The molecular formula is C18H18OSi2. The summed E-state index contributed by atoms with van der Waals surface area (Å²) in [4.78, 5) is 0. The van der Waals surface area contributed by atoms with Crippen LogP contribution >= 0.6 is 0 Å². The SMILES string of the molecule is c1ccc([SiH2]O[SiH](c2ccccc2)c2ccccc2)cc1. The van der Waals surface area contributed by atoms with Crippen LogP contribution in [0.5, 0.6) is 0 Å². The predicted molar refractivity (Wildman–Crippen MR) is 95.0 cm³/mol. The zero-order valence-corrected chi connectivity index (χ0v) is 14.4. The Hall–Kier alpha value is -1.95. The summed E-state index contributed by atoms with van der Waals surface area (Å²) in [5, 5.41) is 4.07. The minimum absolute atomic E-state index is 0.685. The molecule has 0 bridgehead atoms. The van der Waals surface area contributed by atoms with E-state index in [1.54, 1.807) is 0 Å². The Morgan fingerprint density at radius 2 is 1.00 bits per heavy atom. The minimum Gasteiger partial charge on any atom is -0.452 e. The molecule has 0 aliphatic carbocycles. The van der Waals surface area contributed by atoms with E-state index in [-0.39, 0.29) is 0 Å². The fraction of sp³-hybridized carbons (Fsp3) is 0. The molecule has 0 heterocycles. The third-order valence-corrected chi connectivity index (χ3v) is 8.25. The predicted octanol–water partition coefficient (Wildman–Crippen LogP) is 0.950. The fourth-order valence-electron chi connectivity index (χ4n) is 2.39. The van der Waals surface area contributed by atoms with Crippen LogP contribution in [0.1, 0.15) is 0 Å². The van der Waals surface area contributed by atoms with Gasteiger partial charge in [-0.2, -0.15) is 0 Å². The van der Waals surface area contributed by atoms with Crippen molar-refractivity contribution in [1.82, 2.24) is 0 Å². The van der Waals surface area contributed by atoms with Crippen LogP contribution in [0.3, 0.4) is 0 Å². The van der Waals surface area contributed by atoms with Gasteiger partial charge in [-0.1, -0.05) is 91.0 Å². The fourth-order valence-corrected chi connectivity index (χ4v) is 7.36. The lowest BCUT2D eigenvalue weighted by molar-refractivity contribution is 0.648. The highest BCUT2D eigenvalue weighted by Crippen LogP contribution is 1.94. The van der Waals surface area contributed by atoms with Crippen molar-refractivity contribution in [2.75, 3.05) is 0 Å². The van der Waals surface area contributed by atoms with Gasteiger partial charge < -0.3 is 4.12 Å². The maximum absolute atomic E-state index is 6.48. The van der Waals surface area contributed by atoms with E-state index in [4.69, 9.17) is 4.12 Å². The van der Waals surface area contributed by atoms with E-state index in [1.807, 2.05) is 0 Å². The largest absolute Gasteiger partial charge is 0.452 e. The van der Waals surface area contributed by atoms with Gasteiger partial charge in [-0.15, -0.1) is 0 Å². The summed E-state index contributed by atoms with van der Waals surface area (Å²) >= 11 is 0. The Morgan fingerprint density at radius 1 is 0.571 bits per heavy atom. The third kappa shape index (κ3) is 3.79. The molecule has 0 N–H and O–H groups in total. The van der Waals surface area contributed by atoms with E-state index in [1.165, 1.54) is 15.6 Å². The van der Waals surface area contributed by atoms with E-state index in [0.29, 0.717) is 0 Å². The van der Waals surface area contributed by atoms with E-state index in [2.05, 4.69) is 91.0 Å². The first-order chi connectivity index (χ1) is 10.4. The average Bonchev–Trinajstić information content (AvgIpc) is 2.58. The highest BCUT2D eigenvalue weighted by atomic mass is 28.3. The molecule has 3 aromatic rings. The number of hydrogen-bond donors (Lipinski definition) is 0. The van der Waals surface area contributed by atoms with E-state index in [0.717, 1.165) is 0 Å². The van der Waals surface area contributed by atoms with Crippen molar-refractivity contribution in [2.24, 2.45) is 0 Å². The summed E-state index contributed by atoms with van der Waals surface area (Å²) in [6, 6.07) is 31.9. The van der Waals surface area contributed by atoms with Crippen molar-refractivity contribution in [3.05, 3.63) is 91.0 Å². The van der Waals surface area contributed by atoms with Crippen LogP contribution in [0.15, 0.2) is 91.0 Å². The van der Waals surface area contributed by atoms with E-state index >= 15 is 0 Å². The first-order valence-corrected chi connectivity index (χ1v) is 10.1. The quantitative estimate of drug-likeness (QED) is 0.638. The van der Waals surface area contributed by atoms with Gasteiger partial charge in [-0.3, -0.25) is 0 Å². The van der Waals surface area contributed by atoms with Crippen LogP contribution in [0.4, 0.5) is 0 Å². The summed E-state index contributed by atoms with van der Waals surface area (Å²) in [7, 11) is -2.24. The summed E-state index contributed by atoms with van der Waals surface area (Å²) in [5.74, 6) is 0. The van der Waals surface area contributed by atoms with Crippen molar-refractivity contribution in [3.8, 4) is 0 Å². The normalized spacial score (nSPS) is 11.3. The Morgan fingerprint density at radius 3 is 1.48 bits per heavy atom. The van der Waals surface area contributed by atoms with Gasteiger partial charge in [-0.25, -0.2) is 0 Å². The molecule has 0 fully saturated rings. The van der Waals surface area contributed by atoms with Crippen molar-refractivity contribution in [3.63, 3.8) is 0 Å². The maximum atomic E-state index is 6.48. The molecule has 0 amide bonds. The Kier molecular flexibility index (Phi) is 4.79. The molecule has 0 unspecified atom stereocenters. The second-order valence-corrected chi connectivity index (χ2v) is 9.53. The molecule has 0 aromatic heterocycles. The lowest BCUT2D eigenvalue weighted by Crippen LogP contribution is -2.47. The lowest BCUT2D eigenvalue weighted by atomic mass is 10.4. The summed E-state index contributed by atoms with van der Waals surface area (Å²) < 4.78 is 6.48. The molecule has 3 rings (SSSR count). The van der Waals surface area contributed by atoms with Gasteiger partial charge in [0.15, 0.2) is 9.76 Å². The van der Waals surface area contributed by atoms with Gasteiger partial charge in [0.25, 0.3) is 0 Å². The first-order valence-electron chi connectivity index (χ1n) is 7.19. The van der Waals surface area contributed by atoms with E-state index in [9.17, 15) is 0 Å². The molecule has 0 radical (unpaired) electrons. The minimum atomic E-state index is -1.56. The van der Waals surface area contributed by atoms with Crippen molar-refractivity contribution < 1.29 is 4.12 Å². The molecule has 0 spiro atoms. The summed E-state index contributed by atoms with van der Waals surface area (Å²) in [6.45, 7) is 0. The second-order valence-electron chi connectivity index (χ2n) is 5.00. The van der Waals surface area contributed by atoms with Crippen LogP contribution in [-0.2, 0) is 4.12 Å². The van der Waals surface area contributed by atoms with Gasteiger partial charge in [0.05, 0.1) is 0 Å². The molecule has 0 saturated carbocycles. The van der Waals surface area contributed by atoms with E-state index < -0.39 is 18.8 Å². The molecule has 0 atom stereocenters. The molecule has 104 valence electrons. The topological polar surface area (TPSA) is 9.23 Å². The standard InChI is InChI=1S/C18H18OSi2/c1-4-10-16(11-5-1)20-19-21(17-12-6-2-7-13-17)18-14-8-3-9-15-18/h1-15,21H,20H2. The highest BCUT2D eigenvalue weighted by molar-refractivity contribution is 6.83. The van der Waals surface area contributed by atoms with Crippen LogP contribution in [0.25, 0.3) is 0 Å². The van der Waals surface area contributed by atoms with Gasteiger partial charge in [0, 0.05) is 0 Å².